The van der Waals surface area contributed by atoms with Crippen molar-refractivity contribution in [2.75, 3.05) is 0 Å². The minimum Gasteiger partial charge on any atom is -0.449 e. The number of ether oxygens (including phenoxy) is 1. The number of halogens is 8. The molecule has 1 atom stereocenters. The Morgan fingerprint density at radius 2 is 1.71 bits per heavy atom. The van der Waals surface area contributed by atoms with Gasteiger partial charge in [-0.3, -0.25) is 4.79 Å². The fourth-order valence-electron chi connectivity index (χ4n) is 2.95. The Morgan fingerprint density at radius 1 is 1.03 bits per heavy atom. The second kappa shape index (κ2) is 9.08. The number of alkyl halides is 6. The number of carboxylic acid groups (broad SMARTS) is 1. The van der Waals surface area contributed by atoms with Gasteiger partial charge in [-0.25, -0.2) is 14.2 Å². The topological polar surface area (TPSA) is 88.5 Å². The van der Waals surface area contributed by atoms with Crippen LogP contribution in [0.15, 0.2) is 46.9 Å². The number of hydrogen-bond donors (Lipinski definition) is 2. The molecule has 0 aliphatic carbocycles. The molecular formula is C20H10BrF7N2O4. The third-order valence-electron chi connectivity index (χ3n) is 4.43. The van der Waals surface area contributed by atoms with E-state index in [9.17, 15) is 40.3 Å². The van der Waals surface area contributed by atoms with Gasteiger partial charge in [0.05, 0.1) is 15.6 Å². The Balaban J connectivity index is 1.96. The van der Waals surface area contributed by atoms with E-state index < -0.39 is 53.1 Å². The van der Waals surface area contributed by atoms with Crippen molar-refractivity contribution in [3.8, 4) is 5.75 Å². The van der Waals surface area contributed by atoms with E-state index in [1.165, 1.54) is 18.2 Å². The zero-order valence-corrected chi connectivity index (χ0v) is 17.8. The Labute approximate surface area is 193 Å². The highest BCUT2D eigenvalue weighted by atomic mass is 79.9. The molecular weight excluding hydrogens is 545 g/mol. The van der Waals surface area contributed by atoms with Crippen molar-refractivity contribution in [1.29, 1.82) is 0 Å². The lowest BCUT2D eigenvalue weighted by atomic mass is 10.0. The van der Waals surface area contributed by atoms with E-state index in [0.29, 0.717) is 6.07 Å². The van der Waals surface area contributed by atoms with Gasteiger partial charge in [-0.05, 0) is 57.9 Å². The molecule has 0 saturated carbocycles. The van der Waals surface area contributed by atoms with E-state index in [-0.39, 0.29) is 33.3 Å². The summed E-state index contributed by atoms with van der Waals surface area (Å²) < 4.78 is 97.7. The largest absolute Gasteiger partial charge is 0.511 e. The van der Waals surface area contributed by atoms with Crippen LogP contribution in [0.1, 0.15) is 27.7 Å². The predicted molar refractivity (Wildman–Crippen MR) is 106 cm³/mol. The van der Waals surface area contributed by atoms with Crippen LogP contribution in [-0.4, -0.2) is 28.3 Å². The first-order valence-electron chi connectivity index (χ1n) is 8.92. The molecule has 3 rings (SSSR count). The molecule has 0 aliphatic rings. The van der Waals surface area contributed by atoms with Crippen molar-refractivity contribution in [3.05, 3.63) is 69.6 Å². The van der Waals surface area contributed by atoms with E-state index in [1.54, 1.807) is 5.32 Å². The lowest BCUT2D eigenvalue weighted by Crippen LogP contribution is -2.38. The molecule has 2 aromatic carbocycles. The maximum absolute atomic E-state index is 13.6. The number of fused-ring (bicyclic) bond motifs is 1. The lowest BCUT2D eigenvalue weighted by Gasteiger charge is -2.23. The van der Waals surface area contributed by atoms with Crippen LogP contribution in [-0.2, 0) is 6.18 Å². The van der Waals surface area contributed by atoms with Crippen molar-refractivity contribution in [1.82, 2.24) is 10.3 Å². The van der Waals surface area contributed by atoms with Crippen molar-refractivity contribution in [2.24, 2.45) is 0 Å². The zero-order chi connectivity index (χ0) is 25.4. The second-order valence-corrected chi connectivity index (χ2v) is 7.49. The number of nitrogens with one attached hydrogen (secondary N) is 1. The number of carbonyl (C=O) groups excluding carboxylic acids is 1. The first-order valence-corrected chi connectivity index (χ1v) is 9.72. The normalized spacial score (nSPS) is 12.9. The maximum atomic E-state index is 13.6. The molecule has 0 spiro atoms. The number of hydrogen-bond acceptors (Lipinski definition) is 4. The summed E-state index contributed by atoms with van der Waals surface area (Å²) in [5.74, 6) is -3.24. The Morgan fingerprint density at radius 3 is 2.29 bits per heavy atom. The molecule has 0 bridgehead atoms. The predicted octanol–water partition coefficient (Wildman–Crippen LogP) is 6.25. The molecule has 34 heavy (non-hydrogen) atoms. The third kappa shape index (κ3) is 5.38. The average Bonchev–Trinajstić information content (AvgIpc) is 2.72. The molecule has 1 amide bonds. The molecule has 0 saturated heterocycles. The Bertz CT molecular complexity index is 1280. The quantitative estimate of drug-likeness (QED) is 0.226. The molecule has 0 radical (unpaired) electrons. The third-order valence-corrected chi connectivity index (χ3v) is 5.25. The number of amides is 1. The van der Waals surface area contributed by atoms with Crippen molar-refractivity contribution in [3.63, 3.8) is 0 Å². The average molecular weight is 555 g/mol. The number of aromatic nitrogens is 1. The molecule has 2 N–H and O–H groups in total. The van der Waals surface area contributed by atoms with Crippen LogP contribution in [0.2, 0.25) is 0 Å². The van der Waals surface area contributed by atoms with E-state index >= 15 is 0 Å². The first kappa shape index (κ1) is 25.2. The van der Waals surface area contributed by atoms with Crippen LogP contribution >= 0.6 is 15.9 Å². The van der Waals surface area contributed by atoms with Crippen LogP contribution in [0.4, 0.5) is 35.5 Å². The maximum Gasteiger partial charge on any atom is 0.511 e. The minimum atomic E-state index is -5.25. The first-order chi connectivity index (χ1) is 15.7. The summed E-state index contributed by atoms with van der Waals surface area (Å²) in [7, 11) is 0. The molecule has 1 aromatic heterocycles. The van der Waals surface area contributed by atoms with Crippen LogP contribution in [0.25, 0.3) is 10.9 Å². The lowest BCUT2D eigenvalue weighted by molar-refractivity contribution is -0.156. The van der Waals surface area contributed by atoms with E-state index in [0.717, 1.165) is 6.07 Å². The van der Waals surface area contributed by atoms with Gasteiger partial charge in [0.25, 0.3) is 5.91 Å². The van der Waals surface area contributed by atoms with Gasteiger partial charge in [-0.1, -0.05) is 6.07 Å². The number of rotatable bonds is 4. The van der Waals surface area contributed by atoms with Crippen molar-refractivity contribution < 1.29 is 50.2 Å². The monoisotopic (exact) mass is 554 g/mol. The standard InChI is InChI=1S/C20H10BrF7N2O4/c21-15-9-2-4-13(29-12(9)5-6-14(15)34-18(32)33)17(31)30-16(20(26,27)28)8-1-3-11(22)10(7-8)19(23,24)25/h1-7,16H,(H,30,31)(H,32,33). The van der Waals surface area contributed by atoms with Gasteiger partial charge >= 0.3 is 18.5 Å². The second-order valence-electron chi connectivity index (χ2n) is 6.69. The summed E-state index contributed by atoms with van der Waals surface area (Å²) in [4.78, 5) is 27.1. The molecule has 1 heterocycles. The number of nitrogens with zero attached hydrogens (tertiary/aromatic N) is 1. The van der Waals surface area contributed by atoms with Crippen molar-refractivity contribution in [2.45, 2.75) is 18.4 Å². The summed E-state index contributed by atoms with van der Waals surface area (Å²) >= 11 is 3.10. The number of pyridine rings is 1. The molecule has 3 aromatic rings. The van der Waals surface area contributed by atoms with Crippen LogP contribution < -0.4 is 10.1 Å². The molecule has 0 fully saturated rings. The summed E-state index contributed by atoms with van der Waals surface area (Å²) in [5.41, 5.74) is -3.39. The summed E-state index contributed by atoms with van der Waals surface area (Å²) in [5, 5.41) is 10.5. The van der Waals surface area contributed by atoms with Gasteiger partial charge in [0.1, 0.15) is 17.3 Å². The van der Waals surface area contributed by atoms with E-state index in [1.807, 2.05) is 0 Å². The minimum absolute atomic E-state index is 0.0251. The van der Waals surface area contributed by atoms with E-state index in [2.05, 4.69) is 25.7 Å². The fraction of sp³-hybridized carbons (Fsp3) is 0.150. The highest BCUT2D eigenvalue weighted by Gasteiger charge is 2.44. The van der Waals surface area contributed by atoms with Crippen LogP contribution in [0.5, 0.6) is 5.75 Å². The highest BCUT2D eigenvalue weighted by molar-refractivity contribution is 9.10. The molecule has 1 unspecified atom stereocenters. The summed E-state index contributed by atoms with van der Waals surface area (Å²) in [6.45, 7) is 0. The van der Waals surface area contributed by atoms with Crippen LogP contribution in [0.3, 0.4) is 0 Å². The van der Waals surface area contributed by atoms with Gasteiger partial charge < -0.3 is 15.2 Å². The van der Waals surface area contributed by atoms with Gasteiger partial charge in [0, 0.05) is 5.39 Å². The SMILES string of the molecule is O=C(O)Oc1ccc2nc(C(=O)NC(c3ccc(F)c(C(F)(F)F)c3)C(F)(F)F)ccc2c1Br. The van der Waals surface area contributed by atoms with Gasteiger partial charge in [0.2, 0.25) is 0 Å². The molecule has 0 aliphatic heterocycles. The molecule has 180 valence electrons. The Kier molecular flexibility index (Phi) is 6.73. The molecule has 6 nitrogen and oxygen atoms in total. The molecule has 14 heteroatoms. The van der Waals surface area contributed by atoms with Gasteiger partial charge in [-0.15, -0.1) is 0 Å². The smallest absolute Gasteiger partial charge is 0.449 e. The number of carbonyl (C=O) groups is 2. The highest BCUT2D eigenvalue weighted by Crippen LogP contribution is 2.38. The van der Waals surface area contributed by atoms with E-state index in [4.69, 9.17) is 5.11 Å². The fourth-order valence-corrected chi connectivity index (χ4v) is 3.49. The van der Waals surface area contributed by atoms with Gasteiger partial charge in [-0.2, -0.15) is 26.3 Å². The van der Waals surface area contributed by atoms with Crippen molar-refractivity contribution >= 4 is 38.9 Å². The van der Waals surface area contributed by atoms with Crippen LogP contribution in [0, 0.1) is 5.82 Å². The summed E-state index contributed by atoms with van der Waals surface area (Å²) in [6, 6.07) is 2.49. The van der Waals surface area contributed by atoms with Gasteiger partial charge in [0.15, 0.2) is 6.04 Å². The number of benzene rings is 2. The summed E-state index contributed by atoms with van der Waals surface area (Å²) in [6.07, 6.45) is -12.1. The zero-order valence-electron chi connectivity index (χ0n) is 16.3. The Hall–Kier alpha value is -3.42.